The van der Waals surface area contributed by atoms with Gasteiger partial charge in [-0.3, -0.25) is 9.78 Å². The van der Waals surface area contributed by atoms with Gasteiger partial charge < -0.3 is 4.84 Å². The van der Waals surface area contributed by atoms with Crippen LogP contribution in [-0.4, -0.2) is 32.0 Å². The second-order valence-electron chi connectivity index (χ2n) is 9.20. The molecule has 5 rings (SSSR count). The van der Waals surface area contributed by atoms with Crippen LogP contribution in [0.1, 0.15) is 65.0 Å². The Bertz CT molecular complexity index is 1280. The number of halogens is 3. The predicted octanol–water partition coefficient (Wildman–Crippen LogP) is 5.73. The molecule has 6 nitrogen and oxygen atoms in total. The van der Waals surface area contributed by atoms with Crippen molar-refractivity contribution in [2.24, 2.45) is 5.16 Å². The van der Waals surface area contributed by atoms with Crippen LogP contribution in [0.2, 0.25) is 0 Å². The number of carbonyl (C=O) groups is 1. The minimum absolute atomic E-state index is 0.103. The first-order valence-corrected chi connectivity index (χ1v) is 11.5. The monoisotopic (exact) mass is 480 g/mol. The summed E-state index contributed by atoms with van der Waals surface area (Å²) in [7, 11) is 0. The van der Waals surface area contributed by atoms with Crippen molar-refractivity contribution in [3.05, 3.63) is 77.0 Å². The van der Waals surface area contributed by atoms with E-state index in [4.69, 9.17) is 4.84 Å². The smallest absolute Gasteiger partial charge is 0.389 e. The van der Waals surface area contributed by atoms with Gasteiger partial charge in [-0.1, -0.05) is 11.2 Å². The Morgan fingerprint density at radius 2 is 1.77 bits per heavy atom. The predicted molar refractivity (Wildman–Crippen MR) is 123 cm³/mol. The molecule has 1 saturated carbocycles. The Morgan fingerprint density at radius 3 is 2.37 bits per heavy atom. The maximum absolute atomic E-state index is 13.1. The minimum Gasteiger partial charge on any atom is -0.389 e. The first-order chi connectivity index (χ1) is 16.7. The molecule has 0 atom stereocenters. The highest BCUT2D eigenvalue weighted by Crippen LogP contribution is 2.43. The number of Topliss-reactive ketones (excluding diaryl/α,β-unsaturated/α-hetero) is 1. The summed E-state index contributed by atoms with van der Waals surface area (Å²) in [5.41, 5.74) is 4.93. The van der Waals surface area contributed by atoms with Gasteiger partial charge in [0.2, 0.25) is 5.82 Å². The molecule has 1 aliphatic heterocycles. The molecule has 0 amide bonds. The zero-order chi connectivity index (χ0) is 24.6. The summed E-state index contributed by atoms with van der Waals surface area (Å²) in [6.07, 6.45) is 3.50. The van der Waals surface area contributed by atoms with E-state index in [9.17, 15) is 18.0 Å². The standard InChI is InChI=1S/C26H23F3N4O2/c1-16-3-5-21(30-13-16)18-9-19(22-12-25(35-33-22)7-2-8-25)11-20(10-18)23(34)6-4-17-14-31-24(32-15-17)26(27,28)29/h3,5,9-11,13-15H,2,4,6-8,12H2,1H3. The first kappa shape index (κ1) is 23.1. The van der Waals surface area contributed by atoms with Crippen LogP contribution in [0.25, 0.3) is 11.3 Å². The Morgan fingerprint density at radius 1 is 1.03 bits per heavy atom. The fourth-order valence-electron chi connectivity index (χ4n) is 4.29. The lowest BCUT2D eigenvalue weighted by Crippen LogP contribution is -2.36. The first-order valence-electron chi connectivity index (χ1n) is 11.5. The molecule has 2 aliphatic rings. The third-order valence-electron chi connectivity index (χ3n) is 6.50. The number of nitrogens with zero attached hydrogens (tertiary/aromatic N) is 4. The topological polar surface area (TPSA) is 77.3 Å². The van der Waals surface area contributed by atoms with Crippen molar-refractivity contribution in [2.45, 2.75) is 57.2 Å². The third kappa shape index (κ3) is 4.94. The second kappa shape index (κ2) is 8.87. The number of aryl methyl sites for hydroxylation is 2. The van der Waals surface area contributed by atoms with E-state index >= 15 is 0 Å². The van der Waals surface area contributed by atoms with Crippen LogP contribution >= 0.6 is 0 Å². The molecule has 1 aromatic carbocycles. The average Bonchev–Trinajstić information content (AvgIpc) is 3.29. The van der Waals surface area contributed by atoms with Gasteiger partial charge >= 0.3 is 6.18 Å². The van der Waals surface area contributed by atoms with E-state index in [2.05, 4.69) is 20.1 Å². The van der Waals surface area contributed by atoms with Gasteiger partial charge in [-0.15, -0.1) is 0 Å². The van der Waals surface area contributed by atoms with E-state index in [-0.39, 0.29) is 24.2 Å². The number of rotatable bonds is 6. The highest BCUT2D eigenvalue weighted by Gasteiger charge is 2.45. The Balaban J connectivity index is 1.39. The van der Waals surface area contributed by atoms with Crippen LogP contribution in [0.4, 0.5) is 13.2 Å². The Kier molecular flexibility index (Phi) is 5.86. The van der Waals surface area contributed by atoms with Gasteiger partial charge in [0.05, 0.1) is 11.4 Å². The lowest BCUT2D eigenvalue weighted by Gasteiger charge is -2.34. The number of hydrogen-bond donors (Lipinski definition) is 0. The molecule has 0 bridgehead atoms. The van der Waals surface area contributed by atoms with E-state index in [1.165, 1.54) is 0 Å². The minimum atomic E-state index is -4.60. The molecule has 0 saturated heterocycles. The van der Waals surface area contributed by atoms with Gasteiger partial charge in [-0.25, -0.2) is 9.97 Å². The molecule has 2 aromatic heterocycles. The van der Waals surface area contributed by atoms with Crippen LogP contribution in [-0.2, 0) is 17.4 Å². The quantitative estimate of drug-likeness (QED) is 0.421. The zero-order valence-corrected chi connectivity index (χ0v) is 19.1. The summed E-state index contributed by atoms with van der Waals surface area (Å²) in [5.74, 6) is -1.34. The van der Waals surface area contributed by atoms with E-state index < -0.39 is 12.0 Å². The number of hydrogen-bond acceptors (Lipinski definition) is 6. The summed E-state index contributed by atoms with van der Waals surface area (Å²) in [6, 6.07) is 9.44. The summed E-state index contributed by atoms with van der Waals surface area (Å²) < 4.78 is 38.1. The normalized spacial score (nSPS) is 16.5. The van der Waals surface area contributed by atoms with Crippen molar-refractivity contribution in [1.29, 1.82) is 0 Å². The summed E-state index contributed by atoms with van der Waals surface area (Å²) in [5, 5.41) is 4.33. The molecule has 1 aliphatic carbocycles. The van der Waals surface area contributed by atoms with Gasteiger partial charge in [-0.05, 0) is 68.0 Å². The molecule has 0 unspecified atom stereocenters. The van der Waals surface area contributed by atoms with Crippen molar-refractivity contribution < 1.29 is 22.8 Å². The average molecular weight is 480 g/mol. The van der Waals surface area contributed by atoms with E-state index in [1.54, 1.807) is 12.3 Å². The summed E-state index contributed by atoms with van der Waals surface area (Å²) in [6.45, 7) is 1.95. The molecule has 9 heteroatoms. The van der Waals surface area contributed by atoms with Crippen molar-refractivity contribution in [2.75, 3.05) is 0 Å². The SMILES string of the molecule is Cc1ccc(-c2cc(C(=O)CCc3cnc(C(F)(F)F)nc3)cc(C3=NOC4(CCC4)C3)c2)nc1. The maximum Gasteiger partial charge on any atom is 0.451 e. The summed E-state index contributed by atoms with van der Waals surface area (Å²) in [4.78, 5) is 30.1. The Hall–Kier alpha value is -3.62. The molecule has 180 valence electrons. The van der Waals surface area contributed by atoms with Crippen LogP contribution in [0.3, 0.4) is 0 Å². The lowest BCUT2D eigenvalue weighted by atomic mass is 9.76. The molecule has 0 N–H and O–H groups in total. The molecule has 1 fully saturated rings. The molecular formula is C26H23F3N4O2. The third-order valence-corrected chi connectivity index (χ3v) is 6.50. The van der Waals surface area contributed by atoms with E-state index in [1.807, 2.05) is 31.2 Å². The zero-order valence-electron chi connectivity index (χ0n) is 19.1. The number of pyridine rings is 1. The highest BCUT2D eigenvalue weighted by atomic mass is 19.4. The number of aromatic nitrogens is 3. The van der Waals surface area contributed by atoms with Gasteiger partial charge in [0.25, 0.3) is 0 Å². The molecule has 0 radical (unpaired) electrons. The maximum atomic E-state index is 13.1. The number of ketones is 1. The fraction of sp³-hybridized carbons (Fsp3) is 0.346. The summed E-state index contributed by atoms with van der Waals surface area (Å²) >= 11 is 0. The molecule has 1 spiro atoms. The van der Waals surface area contributed by atoms with E-state index in [0.29, 0.717) is 17.5 Å². The molecule has 35 heavy (non-hydrogen) atoms. The fourth-order valence-corrected chi connectivity index (χ4v) is 4.29. The molecular weight excluding hydrogens is 457 g/mol. The van der Waals surface area contributed by atoms with Crippen LogP contribution < -0.4 is 0 Å². The Labute approximate surface area is 200 Å². The number of benzene rings is 1. The van der Waals surface area contributed by atoms with Gasteiger partial charge in [0.1, 0.15) is 5.60 Å². The number of alkyl halides is 3. The number of carbonyl (C=O) groups excluding carboxylic acids is 1. The highest BCUT2D eigenvalue weighted by molar-refractivity contribution is 6.06. The van der Waals surface area contributed by atoms with Gasteiger partial charge in [0, 0.05) is 48.1 Å². The van der Waals surface area contributed by atoms with Crippen molar-refractivity contribution in [3.63, 3.8) is 0 Å². The van der Waals surface area contributed by atoms with Gasteiger partial charge in [0.15, 0.2) is 5.78 Å². The molecule has 3 heterocycles. The molecule has 3 aromatic rings. The van der Waals surface area contributed by atoms with E-state index in [0.717, 1.165) is 59.8 Å². The van der Waals surface area contributed by atoms with Crippen molar-refractivity contribution in [3.8, 4) is 11.3 Å². The number of oxime groups is 1. The lowest BCUT2D eigenvalue weighted by molar-refractivity contribution is -0.145. The largest absolute Gasteiger partial charge is 0.451 e. The van der Waals surface area contributed by atoms with Crippen LogP contribution in [0, 0.1) is 6.92 Å². The van der Waals surface area contributed by atoms with Crippen LogP contribution in [0.5, 0.6) is 0 Å². The second-order valence-corrected chi connectivity index (χ2v) is 9.20. The van der Waals surface area contributed by atoms with Gasteiger partial charge in [-0.2, -0.15) is 13.2 Å². The van der Waals surface area contributed by atoms with Crippen molar-refractivity contribution in [1.82, 2.24) is 15.0 Å². The van der Waals surface area contributed by atoms with Crippen molar-refractivity contribution >= 4 is 11.5 Å². The van der Waals surface area contributed by atoms with Crippen LogP contribution in [0.15, 0.2) is 54.1 Å².